The summed E-state index contributed by atoms with van der Waals surface area (Å²) in [4.78, 5) is 40.5. The zero-order valence-corrected chi connectivity index (χ0v) is 37.6. The molecule has 330 valence electrons. The van der Waals surface area contributed by atoms with E-state index in [-0.39, 0.29) is 42.1 Å². The summed E-state index contributed by atoms with van der Waals surface area (Å²) in [6.07, 6.45) is 33.7. The number of nitrogens with zero attached hydrogens (tertiary/aromatic N) is 1. The number of likely N-dealkylation sites (N-methyl/N-ethyl adjacent to an activating group) is 1. The Kier molecular flexibility index (Phi) is 35.1. The molecular formula is C48H91NO7. The van der Waals surface area contributed by atoms with Crippen molar-refractivity contribution in [3.8, 4) is 0 Å². The predicted molar refractivity (Wildman–Crippen MR) is 232 cm³/mol. The van der Waals surface area contributed by atoms with Gasteiger partial charge in [0.15, 0.2) is 0 Å². The van der Waals surface area contributed by atoms with E-state index in [1.54, 1.807) is 0 Å². The molecule has 8 heteroatoms. The smallest absolute Gasteiger partial charge is 0.311 e. The summed E-state index contributed by atoms with van der Waals surface area (Å²) >= 11 is 0. The zero-order valence-electron chi connectivity index (χ0n) is 37.6. The minimum atomic E-state index is -0.217. The van der Waals surface area contributed by atoms with Crippen molar-refractivity contribution in [2.45, 2.75) is 251 Å². The van der Waals surface area contributed by atoms with Gasteiger partial charge in [0.25, 0.3) is 0 Å². The van der Waals surface area contributed by atoms with Gasteiger partial charge in [-0.15, -0.1) is 0 Å². The highest BCUT2D eigenvalue weighted by Gasteiger charge is 2.35. The first-order valence-electron chi connectivity index (χ1n) is 24.2. The monoisotopic (exact) mass is 794 g/mol. The van der Waals surface area contributed by atoms with Crippen molar-refractivity contribution in [3.63, 3.8) is 0 Å². The number of esters is 3. The lowest BCUT2D eigenvalue weighted by atomic mass is 9.94. The standard InChI is InChI=1S/C48H91NO7/c1-6-10-14-23-31-42(32-24-15-11-7-2)55-46(50)35-27-19-18-21-29-39-53-45-41-49(5)38-37-44(45)48(52)54-40-30-22-20-28-36-47(51)56-43(33-25-16-12-8-3)34-26-17-13-9-4/h42-45H,6-41H2,1-5H3. The molecule has 2 atom stereocenters. The van der Waals surface area contributed by atoms with Crippen LogP contribution >= 0.6 is 0 Å². The van der Waals surface area contributed by atoms with Gasteiger partial charge in [-0.25, -0.2) is 0 Å². The molecule has 1 aliphatic rings. The van der Waals surface area contributed by atoms with Crippen molar-refractivity contribution >= 4 is 17.9 Å². The van der Waals surface area contributed by atoms with E-state index in [1.807, 2.05) is 0 Å². The number of rotatable bonds is 39. The average Bonchev–Trinajstić information content (AvgIpc) is 3.18. The summed E-state index contributed by atoms with van der Waals surface area (Å²) in [5, 5.41) is 0. The molecule has 0 aromatic heterocycles. The van der Waals surface area contributed by atoms with Gasteiger partial charge >= 0.3 is 17.9 Å². The first-order chi connectivity index (χ1) is 27.3. The number of carbonyl (C=O) groups excluding carboxylic acids is 3. The molecule has 1 fully saturated rings. The van der Waals surface area contributed by atoms with Gasteiger partial charge in [0.05, 0.1) is 18.6 Å². The number of carbonyl (C=O) groups is 3. The van der Waals surface area contributed by atoms with Crippen molar-refractivity contribution in [1.29, 1.82) is 0 Å². The Morgan fingerprint density at radius 1 is 0.518 bits per heavy atom. The average molecular weight is 794 g/mol. The molecule has 0 amide bonds. The fraction of sp³-hybridized carbons (Fsp3) is 0.938. The third-order valence-electron chi connectivity index (χ3n) is 11.6. The summed E-state index contributed by atoms with van der Waals surface area (Å²) in [5.41, 5.74) is 0. The normalized spacial score (nSPS) is 16.1. The SMILES string of the molecule is CCCCCCC(CCCCCC)OC(=O)CCCCCCCOC1CN(C)CCC1C(=O)OCCCCCCC(=O)OC(CCCCCC)CCCCCC. The summed E-state index contributed by atoms with van der Waals surface area (Å²) in [7, 11) is 2.08. The Hall–Kier alpha value is -1.67. The Morgan fingerprint density at radius 2 is 0.911 bits per heavy atom. The van der Waals surface area contributed by atoms with Crippen LogP contribution in [0.3, 0.4) is 0 Å². The highest BCUT2D eigenvalue weighted by atomic mass is 16.6. The Bertz CT molecular complexity index is 905. The van der Waals surface area contributed by atoms with Crippen LogP contribution in [0, 0.1) is 5.92 Å². The van der Waals surface area contributed by atoms with Gasteiger partial charge in [-0.3, -0.25) is 14.4 Å². The van der Waals surface area contributed by atoms with Crippen LogP contribution in [0.2, 0.25) is 0 Å². The van der Waals surface area contributed by atoms with Gasteiger partial charge < -0.3 is 23.8 Å². The summed E-state index contributed by atoms with van der Waals surface area (Å²) in [6, 6.07) is 0. The van der Waals surface area contributed by atoms with Gasteiger partial charge in [-0.05, 0) is 97.1 Å². The highest BCUT2D eigenvalue weighted by molar-refractivity contribution is 5.73. The zero-order chi connectivity index (χ0) is 40.9. The van der Waals surface area contributed by atoms with E-state index in [0.29, 0.717) is 26.1 Å². The maximum Gasteiger partial charge on any atom is 0.311 e. The van der Waals surface area contributed by atoms with Gasteiger partial charge in [0, 0.05) is 26.0 Å². The molecule has 0 radical (unpaired) electrons. The minimum Gasteiger partial charge on any atom is -0.465 e. The van der Waals surface area contributed by atoms with Gasteiger partial charge in [0.2, 0.25) is 0 Å². The number of hydrogen-bond donors (Lipinski definition) is 0. The number of piperidine rings is 1. The maximum atomic E-state index is 13.1. The predicted octanol–water partition coefficient (Wildman–Crippen LogP) is 12.9. The molecule has 0 aromatic rings. The van der Waals surface area contributed by atoms with E-state index in [1.165, 1.54) is 77.0 Å². The number of hydrogen-bond acceptors (Lipinski definition) is 8. The molecule has 1 aliphatic heterocycles. The molecule has 0 aromatic carbocycles. The minimum absolute atomic E-state index is 0.0225. The van der Waals surface area contributed by atoms with Crippen molar-refractivity contribution in [1.82, 2.24) is 4.90 Å². The fourth-order valence-electron chi connectivity index (χ4n) is 7.86. The first-order valence-corrected chi connectivity index (χ1v) is 24.2. The van der Waals surface area contributed by atoms with E-state index < -0.39 is 0 Å². The molecule has 0 spiro atoms. The Balaban J connectivity index is 2.24. The third-order valence-corrected chi connectivity index (χ3v) is 11.6. The topological polar surface area (TPSA) is 91.4 Å². The lowest BCUT2D eigenvalue weighted by Gasteiger charge is -2.35. The van der Waals surface area contributed by atoms with Crippen molar-refractivity contribution in [2.75, 3.05) is 33.4 Å². The Morgan fingerprint density at radius 3 is 1.36 bits per heavy atom. The quantitative estimate of drug-likeness (QED) is 0.0345. The molecule has 2 unspecified atom stereocenters. The molecule has 56 heavy (non-hydrogen) atoms. The van der Waals surface area contributed by atoms with Crippen LogP contribution in [-0.4, -0.2) is 74.5 Å². The second-order valence-electron chi connectivity index (χ2n) is 17.0. The summed E-state index contributed by atoms with van der Waals surface area (Å²) < 4.78 is 23.9. The highest BCUT2D eigenvalue weighted by Crippen LogP contribution is 2.23. The molecule has 0 bridgehead atoms. The summed E-state index contributed by atoms with van der Waals surface area (Å²) in [5.74, 6) is -0.425. The van der Waals surface area contributed by atoms with Crippen molar-refractivity contribution in [3.05, 3.63) is 0 Å². The molecule has 0 aliphatic carbocycles. The second kappa shape index (κ2) is 37.6. The van der Waals surface area contributed by atoms with Crippen LogP contribution in [0.15, 0.2) is 0 Å². The molecule has 0 N–H and O–H groups in total. The van der Waals surface area contributed by atoms with Crippen LogP contribution in [0.4, 0.5) is 0 Å². The molecule has 0 saturated carbocycles. The third kappa shape index (κ3) is 29.5. The molecule has 1 heterocycles. The number of likely N-dealkylation sites (tertiary alicyclic amines) is 1. The van der Waals surface area contributed by atoms with E-state index in [9.17, 15) is 14.4 Å². The van der Waals surface area contributed by atoms with Crippen molar-refractivity contribution in [2.24, 2.45) is 5.92 Å². The van der Waals surface area contributed by atoms with Gasteiger partial charge in [-0.2, -0.15) is 0 Å². The summed E-state index contributed by atoms with van der Waals surface area (Å²) in [6.45, 7) is 11.6. The van der Waals surface area contributed by atoms with Gasteiger partial charge in [-0.1, -0.05) is 137 Å². The van der Waals surface area contributed by atoms with Crippen LogP contribution < -0.4 is 0 Å². The van der Waals surface area contributed by atoms with Crippen LogP contribution in [0.5, 0.6) is 0 Å². The van der Waals surface area contributed by atoms with Gasteiger partial charge in [0.1, 0.15) is 12.2 Å². The molecule has 1 saturated heterocycles. The van der Waals surface area contributed by atoms with Crippen LogP contribution in [0.1, 0.15) is 233 Å². The first kappa shape index (κ1) is 52.3. The van der Waals surface area contributed by atoms with E-state index in [4.69, 9.17) is 18.9 Å². The Labute approximate surface area is 346 Å². The van der Waals surface area contributed by atoms with E-state index in [2.05, 4.69) is 39.6 Å². The molecule has 8 nitrogen and oxygen atoms in total. The fourth-order valence-corrected chi connectivity index (χ4v) is 7.86. The largest absolute Gasteiger partial charge is 0.465 e. The second-order valence-corrected chi connectivity index (χ2v) is 17.0. The van der Waals surface area contributed by atoms with E-state index >= 15 is 0 Å². The van der Waals surface area contributed by atoms with Crippen LogP contribution in [0.25, 0.3) is 0 Å². The number of unbranched alkanes of at least 4 members (excludes halogenated alkanes) is 19. The van der Waals surface area contributed by atoms with Crippen molar-refractivity contribution < 1.29 is 33.3 Å². The lowest BCUT2D eigenvalue weighted by molar-refractivity contribution is -0.158. The molecular weight excluding hydrogens is 703 g/mol. The maximum absolute atomic E-state index is 13.1. The van der Waals surface area contributed by atoms with E-state index in [0.717, 1.165) is 129 Å². The molecule has 1 rings (SSSR count). The lowest BCUT2D eigenvalue weighted by Crippen LogP contribution is -2.47. The number of ether oxygens (including phenoxy) is 4. The van der Waals surface area contributed by atoms with Crippen LogP contribution in [-0.2, 0) is 33.3 Å².